The maximum absolute atomic E-state index is 10.9. The van der Waals surface area contributed by atoms with Crippen LogP contribution < -0.4 is 10.3 Å². The van der Waals surface area contributed by atoms with Crippen LogP contribution in [0.25, 0.3) is 10.9 Å². The van der Waals surface area contributed by atoms with Crippen LogP contribution in [0.2, 0.25) is 0 Å². The van der Waals surface area contributed by atoms with Crippen LogP contribution in [-0.4, -0.2) is 10.1 Å². The fourth-order valence-corrected chi connectivity index (χ4v) is 3.28. The quantitative estimate of drug-likeness (QED) is 0.515. The van der Waals surface area contributed by atoms with Gasteiger partial charge >= 0.3 is 0 Å². The first kappa shape index (κ1) is 16.5. The van der Waals surface area contributed by atoms with E-state index in [-0.39, 0.29) is 11.8 Å². The number of aromatic nitrogens is 2. The van der Waals surface area contributed by atoms with Crippen molar-refractivity contribution in [1.29, 1.82) is 0 Å². The molecule has 4 rings (SSSR count). The molecule has 26 heavy (non-hydrogen) atoms. The van der Waals surface area contributed by atoms with Crippen LogP contribution in [0.15, 0.2) is 83.6 Å². The molecule has 0 aliphatic rings. The number of halogens is 1. The normalized spacial score (nSPS) is 12.0. The number of rotatable bonds is 4. The Morgan fingerprint density at radius 3 is 2.58 bits per heavy atom. The summed E-state index contributed by atoms with van der Waals surface area (Å²) in [6, 6.07) is 21.4. The number of phenolic OH excluding ortho intramolecular Hbond substituents is 1. The van der Waals surface area contributed by atoms with Gasteiger partial charge in [0.05, 0.1) is 6.20 Å². The van der Waals surface area contributed by atoms with Gasteiger partial charge in [-0.2, -0.15) is 0 Å². The highest BCUT2D eigenvalue weighted by atomic mass is 79.9. The first-order valence-corrected chi connectivity index (χ1v) is 9.07. The van der Waals surface area contributed by atoms with Crippen molar-refractivity contribution in [2.75, 3.05) is 5.32 Å². The summed E-state index contributed by atoms with van der Waals surface area (Å²) in [5.41, 5.74) is 2.41. The van der Waals surface area contributed by atoms with E-state index in [0.29, 0.717) is 5.52 Å². The summed E-state index contributed by atoms with van der Waals surface area (Å²) in [6.07, 6.45) is 3.56. The Bertz CT molecular complexity index is 1040. The molecule has 2 aromatic heterocycles. The molecule has 0 amide bonds. The molecule has 0 saturated carbocycles. The number of pyridine rings is 2. The average molecular weight is 407 g/mol. The van der Waals surface area contributed by atoms with Crippen LogP contribution in [-0.2, 0) is 0 Å². The second-order valence-electron chi connectivity index (χ2n) is 5.98. The average Bonchev–Trinajstić information content (AvgIpc) is 2.69. The lowest BCUT2D eigenvalue weighted by atomic mass is 9.96. The van der Waals surface area contributed by atoms with Gasteiger partial charge in [0, 0.05) is 33.2 Å². The van der Waals surface area contributed by atoms with E-state index in [9.17, 15) is 5.11 Å². The zero-order valence-corrected chi connectivity index (χ0v) is 15.4. The molecule has 128 valence electrons. The van der Waals surface area contributed by atoms with Crippen LogP contribution in [0.1, 0.15) is 17.2 Å². The first-order chi connectivity index (χ1) is 12.7. The monoisotopic (exact) mass is 406 g/mol. The fourth-order valence-electron chi connectivity index (χ4n) is 3.01. The molecule has 5 heteroatoms. The second-order valence-corrected chi connectivity index (χ2v) is 6.90. The molecule has 0 aliphatic carbocycles. The van der Waals surface area contributed by atoms with E-state index in [2.05, 4.69) is 31.2 Å². The first-order valence-electron chi connectivity index (χ1n) is 8.28. The summed E-state index contributed by atoms with van der Waals surface area (Å²) in [5.74, 6) is 1.06. The minimum Gasteiger partial charge on any atom is -0.505 e. The SMILES string of the molecule is Oc1c([C@@H](Nc2cccc[nH+]2)c2ccc(Br)cc2)ccc2cccnc12. The molecule has 4 aromatic rings. The van der Waals surface area contributed by atoms with E-state index in [1.165, 1.54) is 0 Å². The van der Waals surface area contributed by atoms with Crippen LogP contribution >= 0.6 is 15.9 Å². The van der Waals surface area contributed by atoms with Crippen molar-refractivity contribution < 1.29 is 10.1 Å². The maximum atomic E-state index is 10.9. The molecule has 4 nitrogen and oxygen atoms in total. The topological polar surface area (TPSA) is 59.3 Å². The number of aromatic amines is 1. The van der Waals surface area contributed by atoms with Gasteiger partial charge in [-0.15, -0.1) is 0 Å². The lowest BCUT2D eigenvalue weighted by molar-refractivity contribution is -0.361. The number of nitrogens with one attached hydrogen (secondary N) is 2. The molecule has 0 unspecified atom stereocenters. The number of fused-ring (bicyclic) bond motifs is 1. The number of phenols is 1. The van der Waals surface area contributed by atoms with E-state index in [0.717, 1.165) is 26.8 Å². The van der Waals surface area contributed by atoms with E-state index in [4.69, 9.17) is 0 Å². The van der Waals surface area contributed by atoms with Gasteiger partial charge in [0.15, 0.2) is 0 Å². The number of H-pyrrole nitrogens is 1. The Morgan fingerprint density at radius 1 is 0.962 bits per heavy atom. The summed E-state index contributed by atoms with van der Waals surface area (Å²) in [7, 11) is 0. The van der Waals surface area contributed by atoms with E-state index in [1.807, 2.05) is 72.9 Å². The van der Waals surface area contributed by atoms with Gasteiger partial charge in [-0.05, 0) is 30.3 Å². The molecule has 2 aromatic carbocycles. The number of hydrogen-bond acceptors (Lipinski definition) is 3. The third kappa shape index (κ3) is 3.26. The number of nitrogens with zero attached hydrogens (tertiary/aromatic N) is 1. The lowest BCUT2D eigenvalue weighted by Crippen LogP contribution is -2.18. The molecule has 0 saturated heterocycles. The molecule has 1 atom stereocenters. The summed E-state index contributed by atoms with van der Waals surface area (Å²) < 4.78 is 1.01. The number of hydrogen-bond donors (Lipinski definition) is 2. The van der Waals surface area contributed by atoms with Crippen molar-refractivity contribution >= 4 is 32.7 Å². The summed E-state index contributed by atoms with van der Waals surface area (Å²) in [6.45, 7) is 0. The highest BCUT2D eigenvalue weighted by Crippen LogP contribution is 2.36. The van der Waals surface area contributed by atoms with Crippen molar-refractivity contribution in [3.8, 4) is 5.75 Å². The molecular weight excluding hydrogens is 390 g/mol. The molecule has 0 aliphatic heterocycles. The minimum atomic E-state index is -0.229. The van der Waals surface area contributed by atoms with Crippen LogP contribution in [0, 0.1) is 0 Å². The van der Waals surface area contributed by atoms with Gasteiger partial charge in [-0.25, -0.2) is 4.98 Å². The number of aromatic hydroxyl groups is 1. The van der Waals surface area contributed by atoms with E-state index in [1.54, 1.807) is 6.20 Å². The molecule has 0 radical (unpaired) electrons. The molecule has 3 N–H and O–H groups in total. The Morgan fingerprint density at radius 2 is 1.81 bits per heavy atom. The van der Waals surface area contributed by atoms with Crippen molar-refractivity contribution in [1.82, 2.24) is 4.98 Å². The fraction of sp³-hybridized carbons (Fsp3) is 0.0476. The highest BCUT2D eigenvalue weighted by Gasteiger charge is 2.24. The largest absolute Gasteiger partial charge is 0.505 e. The Kier molecular flexibility index (Phi) is 4.54. The van der Waals surface area contributed by atoms with Crippen molar-refractivity contribution in [3.63, 3.8) is 0 Å². The molecule has 2 heterocycles. The maximum Gasteiger partial charge on any atom is 0.272 e. The number of anilines is 1. The van der Waals surface area contributed by atoms with E-state index < -0.39 is 0 Å². The highest BCUT2D eigenvalue weighted by molar-refractivity contribution is 9.10. The van der Waals surface area contributed by atoms with Gasteiger partial charge in [0.2, 0.25) is 0 Å². The van der Waals surface area contributed by atoms with Crippen LogP contribution in [0.4, 0.5) is 5.82 Å². The molecule has 0 bridgehead atoms. The number of benzene rings is 2. The third-order valence-corrected chi connectivity index (χ3v) is 4.83. The Hall–Kier alpha value is -2.92. The summed E-state index contributed by atoms with van der Waals surface area (Å²) in [5, 5.41) is 15.3. The second kappa shape index (κ2) is 7.14. The van der Waals surface area contributed by atoms with Crippen LogP contribution in [0.3, 0.4) is 0 Å². The van der Waals surface area contributed by atoms with E-state index >= 15 is 0 Å². The van der Waals surface area contributed by atoms with Gasteiger partial charge < -0.3 is 5.11 Å². The summed E-state index contributed by atoms with van der Waals surface area (Å²) >= 11 is 3.48. The zero-order valence-electron chi connectivity index (χ0n) is 13.9. The molecule has 0 fully saturated rings. The van der Waals surface area contributed by atoms with Crippen LogP contribution in [0.5, 0.6) is 5.75 Å². The van der Waals surface area contributed by atoms with Crippen molar-refractivity contribution in [2.24, 2.45) is 0 Å². The predicted molar refractivity (Wildman–Crippen MR) is 106 cm³/mol. The van der Waals surface area contributed by atoms with Gasteiger partial charge in [0.1, 0.15) is 17.3 Å². The van der Waals surface area contributed by atoms with Crippen molar-refractivity contribution in [3.05, 3.63) is 94.7 Å². The Labute approximate surface area is 159 Å². The van der Waals surface area contributed by atoms with Gasteiger partial charge in [0.25, 0.3) is 5.82 Å². The van der Waals surface area contributed by atoms with Crippen molar-refractivity contribution in [2.45, 2.75) is 6.04 Å². The third-order valence-electron chi connectivity index (χ3n) is 4.30. The lowest BCUT2D eigenvalue weighted by Gasteiger charge is -2.17. The zero-order chi connectivity index (χ0) is 17.9. The molecule has 0 spiro atoms. The standard InChI is InChI=1S/C21H16BrN3O/c22-16-9-6-15(7-10-16)19(25-18-5-1-2-12-23-18)17-11-8-14-4-3-13-24-20(14)21(17)26/h1-13,19,26H,(H,23,25)/p+1/t19-/m0/s1. The minimum absolute atomic E-state index is 0.194. The predicted octanol–water partition coefficient (Wildman–Crippen LogP) is 4.72. The van der Waals surface area contributed by atoms with Gasteiger partial charge in [-0.1, -0.05) is 46.3 Å². The smallest absolute Gasteiger partial charge is 0.272 e. The molecular formula is C21H17BrN3O+. The Balaban J connectivity index is 1.84. The summed E-state index contributed by atoms with van der Waals surface area (Å²) in [4.78, 5) is 7.53. The van der Waals surface area contributed by atoms with Gasteiger partial charge in [-0.3, -0.25) is 10.3 Å².